The van der Waals surface area contributed by atoms with Gasteiger partial charge in [-0.15, -0.1) is 0 Å². The third-order valence-electron chi connectivity index (χ3n) is 4.18. The minimum Gasteiger partial charge on any atom is -0.373 e. The van der Waals surface area contributed by atoms with Gasteiger partial charge in [-0.3, -0.25) is 9.58 Å². The zero-order chi connectivity index (χ0) is 12.6. The van der Waals surface area contributed by atoms with Gasteiger partial charge in [-0.05, 0) is 31.7 Å². The van der Waals surface area contributed by atoms with E-state index in [4.69, 9.17) is 4.74 Å². The molecule has 0 saturated carbocycles. The molecule has 2 saturated heterocycles. The minimum atomic E-state index is 0.153. The Labute approximate surface area is 109 Å². The van der Waals surface area contributed by atoms with Crippen molar-refractivity contribution in [2.24, 2.45) is 13.0 Å². The van der Waals surface area contributed by atoms with Crippen molar-refractivity contribution in [2.45, 2.75) is 38.3 Å². The molecule has 2 atom stereocenters. The van der Waals surface area contributed by atoms with Crippen LogP contribution in [0, 0.1) is 5.92 Å². The first-order valence-electron chi connectivity index (χ1n) is 6.99. The van der Waals surface area contributed by atoms with E-state index in [1.807, 2.05) is 17.9 Å². The van der Waals surface area contributed by atoms with Crippen molar-refractivity contribution in [3.05, 3.63) is 18.0 Å². The standard InChI is InChI=1S/C14H23N3O/c1-12-6-14(18-10-12)4-3-5-17(11-14)9-13-7-15-16(2)8-13/h7-8,12H,3-6,9-11H2,1-2H3. The Morgan fingerprint density at radius 2 is 2.44 bits per heavy atom. The van der Waals surface area contributed by atoms with E-state index in [0.29, 0.717) is 0 Å². The van der Waals surface area contributed by atoms with Gasteiger partial charge in [0.2, 0.25) is 0 Å². The predicted molar refractivity (Wildman–Crippen MR) is 70.2 cm³/mol. The van der Waals surface area contributed by atoms with Gasteiger partial charge in [0.05, 0.1) is 18.4 Å². The van der Waals surface area contributed by atoms with Crippen molar-refractivity contribution in [1.82, 2.24) is 14.7 Å². The Balaban J connectivity index is 1.64. The van der Waals surface area contributed by atoms with Crippen LogP contribution >= 0.6 is 0 Å². The second kappa shape index (κ2) is 4.67. The van der Waals surface area contributed by atoms with Gasteiger partial charge < -0.3 is 4.74 Å². The zero-order valence-corrected chi connectivity index (χ0v) is 11.4. The summed E-state index contributed by atoms with van der Waals surface area (Å²) >= 11 is 0. The Kier molecular flexibility index (Phi) is 3.16. The fourth-order valence-electron chi connectivity index (χ4n) is 3.49. The lowest BCUT2D eigenvalue weighted by atomic mass is 9.87. The number of hydrogen-bond acceptors (Lipinski definition) is 3. The molecular formula is C14H23N3O. The SMILES string of the molecule is CC1COC2(CCCN(Cc3cnn(C)c3)C2)C1. The van der Waals surface area contributed by atoms with Gasteiger partial charge >= 0.3 is 0 Å². The van der Waals surface area contributed by atoms with Crippen LogP contribution in [-0.4, -0.2) is 40.0 Å². The fraction of sp³-hybridized carbons (Fsp3) is 0.786. The number of piperidine rings is 1. The van der Waals surface area contributed by atoms with Gasteiger partial charge in [0, 0.05) is 31.9 Å². The van der Waals surface area contributed by atoms with Crippen LogP contribution in [0.25, 0.3) is 0 Å². The normalized spacial score (nSPS) is 33.3. The van der Waals surface area contributed by atoms with Crippen molar-refractivity contribution in [1.29, 1.82) is 0 Å². The molecule has 2 fully saturated rings. The second-order valence-electron chi connectivity index (χ2n) is 6.14. The first-order chi connectivity index (χ1) is 8.65. The average Bonchev–Trinajstić information content (AvgIpc) is 2.87. The Hall–Kier alpha value is -0.870. The summed E-state index contributed by atoms with van der Waals surface area (Å²) < 4.78 is 7.98. The molecule has 0 aromatic carbocycles. The van der Waals surface area contributed by atoms with Gasteiger partial charge in [0.1, 0.15) is 0 Å². The summed E-state index contributed by atoms with van der Waals surface area (Å²) in [6.45, 7) is 6.53. The topological polar surface area (TPSA) is 30.3 Å². The molecule has 18 heavy (non-hydrogen) atoms. The van der Waals surface area contributed by atoms with Gasteiger partial charge in [0.25, 0.3) is 0 Å². The lowest BCUT2D eigenvalue weighted by Crippen LogP contribution is -2.47. The quantitative estimate of drug-likeness (QED) is 0.801. The second-order valence-corrected chi connectivity index (χ2v) is 6.14. The first kappa shape index (κ1) is 12.2. The number of ether oxygens (including phenoxy) is 1. The van der Waals surface area contributed by atoms with E-state index in [0.717, 1.165) is 25.6 Å². The lowest BCUT2D eigenvalue weighted by Gasteiger charge is -2.39. The fourth-order valence-corrected chi connectivity index (χ4v) is 3.49. The highest BCUT2D eigenvalue weighted by Crippen LogP contribution is 2.37. The molecule has 1 aromatic heterocycles. The van der Waals surface area contributed by atoms with E-state index in [-0.39, 0.29) is 5.60 Å². The van der Waals surface area contributed by atoms with Gasteiger partial charge in [0.15, 0.2) is 0 Å². The maximum absolute atomic E-state index is 6.10. The van der Waals surface area contributed by atoms with Crippen molar-refractivity contribution in [2.75, 3.05) is 19.7 Å². The third-order valence-corrected chi connectivity index (χ3v) is 4.18. The predicted octanol–water partition coefficient (Wildman–Crippen LogP) is 1.81. The van der Waals surface area contributed by atoms with Gasteiger partial charge in [-0.2, -0.15) is 5.10 Å². The van der Waals surface area contributed by atoms with E-state index in [1.165, 1.54) is 31.4 Å². The van der Waals surface area contributed by atoms with Crippen molar-refractivity contribution >= 4 is 0 Å². The average molecular weight is 249 g/mol. The number of aromatic nitrogens is 2. The maximum Gasteiger partial charge on any atom is 0.0812 e. The van der Waals surface area contributed by atoms with Crippen molar-refractivity contribution < 1.29 is 4.74 Å². The van der Waals surface area contributed by atoms with E-state index in [1.54, 1.807) is 0 Å². The molecule has 3 heterocycles. The molecule has 0 radical (unpaired) electrons. The van der Waals surface area contributed by atoms with E-state index < -0.39 is 0 Å². The monoisotopic (exact) mass is 249 g/mol. The van der Waals surface area contributed by atoms with Crippen LogP contribution < -0.4 is 0 Å². The number of nitrogens with zero attached hydrogens (tertiary/aromatic N) is 3. The van der Waals surface area contributed by atoms with Crippen LogP contribution in [0.2, 0.25) is 0 Å². The molecule has 0 aliphatic carbocycles. The van der Waals surface area contributed by atoms with Crippen LogP contribution in [0.3, 0.4) is 0 Å². The Morgan fingerprint density at radius 1 is 1.56 bits per heavy atom. The highest BCUT2D eigenvalue weighted by atomic mass is 16.5. The van der Waals surface area contributed by atoms with Crippen LogP contribution in [0.15, 0.2) is 12.4 Å². The number of hydrogen-bond donors (Lipinski definition) is 0. The molecule has 2 aliphatic heterocycles. The molecule has 4 nitrogen and oxygen atoms in total. The largest absolute Gasteiger partial charge is 0.373 e. The lowest BCUT2D eigenvalue weighted by molar-refractivity contribution is -0.0534. The highest BCUT2D eigenvalue weighted by Gasteiger charge is 2.41. The van der Waals surface area contributed by atoms with E-state index in [2.05, 4.69) is 23.1 Å². The molecule has 3 rings (SSSR count). The first-order valence-corrected chi connectivity index (χ1v) is 6.99. The maximum atomic E-state index is 6.10. The van der Waals surface area contributed by atoms with Crippen molar-refractivity contribution in [3.8, 4) is 0 Å². The van der Waals surface area contributed by atoms with Crippen LogP contribution in [0.1, 0.15) is 31.7 Å². The smallest absolute Gasteiger partial charge is 0.0812 e. The summed E-state index contributed by atoms with van der Waals surface area (Å²) in [5.74, 6) is 0.725. The van der Waals surface area contributed by atoms with E-state index in [9.17, 15) is 0 Å². The molecule has 2 aliphatic rings. The summed E-state index contributed by atoms with van der Waals surface area (Å²) in [6.07, 6.45) is 7.81. The summed E-state index contributed by atoms with van der Waals surface area (Å²) in [5.41, 5.74) is 1.46. The highest BCUT2D eigenvalue weighted by molar-refractivity contribution is 5.05. The number of aryl methyl sites for hydroxylation is 1. The van der Waals surface area contributed by atoms with E-state index >= 15 is 0 Å². The molecule has 0 N–H and O–H groups in total. The molecule has 1 aromatic rings. The van der Waals surface area contributed by atoms with Crippen LogP contribution in [0.4, 0.5) is 0 Å². The summed E-state index contributed by atoms with van der Waals surface area (Å²) in [6, 6.07) is 0. The summed E-state index contributed by atoms with van der Waals surface area (Å²) in [7, 11) is 1.98. The van der Waals surface area contributed by atoms with Gasteiger partial charge in [-0.25, -0.2) is 0 Å². The molecule has 0 bridgehead atoms. The number of likely N-dealkylation sites (tertiary alicyclic amines) is 1. The molecule has 100 valence electrons. The Morgan fingerprint density at radius 3 is 3.11 bits per heavy atom. The van der Waals surface area contributed by atoms with Crippen molar-refractivity contribution in [3.63, 3.8) is 0 Å². The molecule has 1 spiro atoms. The van der Waals surface area contributed by atoms with Crippen LogP contribution in [0.5, 0.6) is 0 Å². The summed E-state index contributed by atoms with van der Waals surface area (Å²) in [5, 5.41) is 4.24. The number of rotatable bonds is 2. The Bertz CT molecular complexity index is 413. The zero-order valence-electron chi connectivity index (χ0n) is 11.4. The van der Waals surface area contributed by atoms with Gasteiger partial charge in [-0.1, -0.05) is 6.92 Å². The molecular weight excluding hydrogens is 226 g/mol. The molecule has 0 amide bonds. The molecule has 4 heteroatoms. The van der Waals surface area contributed by atoms with Crippen LogP contribution in [-0.2, 0) is 18.3 Å². The third kappa shape index (κ3) is 2.45. The summed E-state index contributed by atoms with van der Waals surface area (Å²) in [4.78, 5) is 2.53. The molecule has 2 unspecified atom stereocenters. The minimum absolute atomic E-state index is 0.153.